The molecule has 3 rings (SSSR count). The number of carbonyl (C=O) groups is 2. The van der Waals surface area contributed by atoms with Crippen LogP contribution in [-0.2, 0) is 19.1 Å². The number of hydrogen-bond donors (Lipinski definition) is 1. The van der Waals surface area contributed by atoms with Crippen LogP contribution in [-0.4, -0.2) is 58.0 Å². The van der Waals surface area contributed by atoms with Gasteiger partial charge in [0.2, 0.25) is 0 Å². The lowest BCUT2D eigenvalue weighted by Crippen LogP contribution is -2.51. The van der Waals surface area contributed by atoms with Crippen LogP contribution in [0.5, 0.6) is 0 Å². The highest BCUT2D eigenvalue weighted by atomic mass is 19.2. The van der Waals surface area contributed by atoms with Crippen molar-refractivity contribution in [2.75, 3.05) is 13.2 Å². The number of allylic oxidation sites excluding steroid dienone is 3. The number of rotatable bonds is 29. The van der Waals surface area contributed by atoms with Gasteiger partial charge in [-0.25, -0.2) is 0 Å². The van der Waals surface area contributed by atoms with Gasteiger partial charge in [-0.15, -0.1) is 0 Å². The Hall–Kier alpha value is -2.75. The summed E-state index contributed by atoms with van der Waals surface area (Å²) >= 11 is 0. The minimum absolute atomic E-state index is 0.107. The summed E-state index contributed by atoms with van der Waals surface area (Å²) in [5.74, 6) is -0.676. The molecule has 1 aromatic heterocycles. The van der Waals surface area contributed by atoms with E-state index in [1.165, 1.54) is 73.2 Å². The van der Waals surface area contributed by atoms with Crippen molar-refractivity contribution in [3.05, 3.63) is 40.4 Å². The summed E-state index contributed by atoms with van der Waals surface area (Å²) in [6.07, 6.45) is 26.6. The lowest BCUT2D eigenvalue weighted by Gasteiger charge is -2.34. The maximum absolute atomic E-state index is 15.7. The first-order chi connectivity index (χ1) is 25.5. The van der Waals surface area contributed by atoms with E-state index in [-0.39, 0.29) is 31.6 Å². The van der Waals surface area contributed by atoms with E-state index in [0.717, 1.165) is 93.8 Å². The van der Waals surface area contributed by atoms with Crippen molar-refractivity contribution < 1.29 is 37.3 Å². The van der Waals surface area contributed by atoms with Crippen LogP contribution in [0.25, 0.3) is 5.57 Å². The van der Waals surface area contributed by atoms with Crippen LogP contribution < -0.4 is 0 Å². The van der Waals surface area contributed by atoms with Crippen molar-refractivity contribution in [3.63, 3.8) is 0 Å². The molecule has 0 saturated carbocycles. The standard InChI is InChI=1S/C43H71BF2N2O5/c1-6-7-8-9-10-11-12-13-14-15-19-22-25-28-40(50)52-33-38(32-49)53-41(51)29-26-23-20-17-16-18-21-24-27-39-42-34(2)30-36(4)47(42)44(45,46)48-37(5)31-35(3)43(39)48/h30-31,38,49H,6-29,32-33H2,1-5H3/t38-/m0/s1. The van der Waals surface area contributed by atoms with E-state index in [1.807, 2.05) is 26.0 Å². The largest absolute Gasteiger partial charge is 0.737 e. The van der Waals surface area contributed by atoms with Crippen LogP contribution >= 0.6 is 0 Å². The Kier molecular flexibility index (Phi) is 20.1. The van der Waals surface area contributed by atoms with Gasteiger partial charge in [0.05, 0.1) is 6.61 Å². The molecule has 1 atom stereocenters. The minimum atomic E-state index is -3.91. The van der Waals surface area contributed by atoms with Gasteiger partial charge >= 0.3 is 18.9 Å². The Morgan fingerprint density at radius 1 is 0.755 bits per heavy atom. The van der Waals surface area contributed by atoms with Crippen molar-refractivity contribution in [1.82, 2.24) is 4.48 Å². The maximum Gasteiger partial charge on any atom is 0.737 e. The zero-order valence-corrected chi connectivity index (χ0v) is 33.9. The van der Waals surface area contributed by atoms with E-state index >= 15 is 8.63 Å². The van der Waals surface area contributed by atoms with Crippen LogP contribution in [0.2, 0.25) is 0 Å². The first-order valence-electron chi connectivity index (χ1n) is 21.2. The third kappa shape index (κ3) is 14.1. The molecule has 300 valence electrons. The number of unbranched alkanes of at least 4 members (excludes halogenated alkanes) is 19. The van der Waals surface area contributed by atoms with E-state index < -0.39 is 13.1 Å². The normalized spacial score (nSPS) is 15.4. The monoisotopic (exact) mass is 745 g/mol. The number of esters is 2. The van der Waals surface area contributed by atoms with E-state index in [4.69, 9.17) is 9.47 Å². The molecule has 2 aliphatic rings. The first-order valence-corrected chi connectivity index (χ1v) is 21.2. The maximum atomic E-state index is 15.7. The fourth-order valence-corrected chi connectivity index (χ4v) is 8.21. The molecule has 0 unspecified atom stereocenters. The Morgan fingerprint density at radius 2 is 1.25 bits per heavy atom. The molecule has 0 amide bonds. The molecule has 3 heterocycles. The second-order valence-corrected chi connectivity index (χ2v) is 15.7. The summed E-state index contributed by atoms with van der Waals surface area (Å²) in [4.78, 5) is 24.5. The van der Waals surface area contributed by atoms with Gasteiger partial charge in [-0.3, -0.25) is 9.59 Å². The van der Waals surface area contributed by atoms with E-state index in [1.54, 1.807) is 13.8 Å². The van der Waals surface area contributed by atoms with E-state index in [0.29, 0.717) is 29.2 Å². The summed E-state index contributed by atoms with van der Waals surface area (Å²) in [6.45, 7) is 5.29. The lowest BCUT2D eigenvalue weighted by atomic mass is 9.84. The summed E-state index contributed by atoms with van der Waals surface area (Å²) in [5, 5.41) is 9.62. The van der Waals surface area contributed by atoms with Gasteiger partial charge in [-0.05, 0) is 63.8 Å². The molecule has 0 spiro atoms. The molecule has 1 aromatic rings. The van der Waals surface area contributed by atoms with Gasteiger partial charge in [-0.1, -0.05) is 122 Å². The van der Waals surface area contributed by atoms with Crippen molar-refractivity contribution >= 4 is 30.2 Å². The van der Waals surface area contributed by atoms with Gasteiger partial charge in [0, 0.05) is 42.7 Å². The molecule has 1 N–H and O–H groups in total. The summed E-state index contributed by atoms with van der Waals surface area (Å²) in [5.41, 5.74) is 5.48. The highest BCUT2D eigenvalue weighted by molar-refractivity contribution is 6.58. The molecule has 0 radical (unpaired) electrons. The molecule has 0 bridgehead atoms. The quantitative estimate of drug-likeness (QED) is 0.0502. The molecular weight excluding hydrogens is 673 g/mol. The Balaban J connectivity index is 1.19. The molecule has 2 aliphatic heterocycles. The number of nitrogens with zero attached hydrogens (tertiary/aromatic N) is 2. The first kappa shape index (κ1) is 44.7. The summed E-state index contributed by atoms with van der Waals surface area (Å²) in [7, 11) is 0. The topological polar surface area (TPSA) is 80.8 Å². The number of aliphatic hydroxyl groups excluding tert-OH is 1. The number of aryl methyl sites for hydroxylation is 2. The predicted octanol–water partition coefficient (Wildman–Crippen LogP) is 11.3. The summed E-state index contributed by atoms with van der Waals surface area (Å²) in [6, 6.07) is 1.88. The Morgan fingerprint density at radius 3 is 1.77 bits per heavy atom. The predicted molar refractivity (Wildman–Crippen MR) is 213 cm³/mol. The number of carbonyl (C=O) groups excluding carboxylic acids is 2. The molecule has 53 heavy (non-hydrogen) atoms. The van der Waals surface area contributed by atoms with Crippen LogP contribution in [0.3, 0.4) is 0 Å². The highest BCUT2D eigenvalue weighted by Crippen LogP contribution is 2.43. The van der Waals surface area contributed by atoms with Crippen molar-refractivity contribution in [2.24, 2.45) is 0 Å². The van der Waals surface area contributed by atoms with Crippen LogP contribution in [0, 0.1) is 13.8 Å². The average molecular weight is 745 g/mol. The molecule has 0 aliphatic carbocycles. The second kappa shape index (κ2) is 23.9. The third-order valence-corrected chi connectivity index (χ3v) is 11.0. The van der Waals surface area contributed by atoms with Gasteiger partial charge in [0.25, 0.3) is 0 Å². The number of halogens is 2. The van der Waals surface area contributed by atoms with Gasteiger partial charge in [0.1, 0.15) is 12.3 Å². The van der Waals surface area contributed by atoms with Crippen LogP contribution in [0.1, 0.15) is 192 Å². The number of aliphatic hydroxyl groups is 1. The second-order valence-electron chi connectivity index (χ2n) is 15.7. The molecule has 0 saturated heterocycles. The van der Waals surface area contributed by atoms with Crippen LogP contribution in [0.4, 0.5) is 8.63 Å². The number of fused-ring (bicyclic) bond motifs is 2. The van der Waals surface area contributed by atoms with E-state index in [2.05, 4.69) is 6.92 Å². The number of aromatic nitrogens is 1. The van der Waals surface area contributed by atoms with E-state index in [9.17, 15) is 14.7 Å². The lowest BCUT2D eigenvalue weighted by molar-refractivity contribution is -0.363. The highest BCUT2D eigenvalue weighted by Gasteiger charge is 2.54. The van der Waals surface area contributed by atoms with Gasteiger partial charge < -0.3 is 32.2 Å². The van der Waals surface area contributed by atoms with Crippen molar-refractivity contribution in [2.45, 2.75) is 195 Å². The zero-order valence-electron chi connectivity index (χ0n) is 33.9. The van der Waals surface area contributed by atoms with Gasteiger partial charge in [0.15, 0.2) is 11.8 Å². The third-order valence-electron chi connectivity index (χ3n) is 11.0. The zero-order chi connectivity index (χ0) is 38.6. The van der Waals surface area contributed by atoms with Crippen LogP contribution in [0.15, 0.2) is 23.4 Å². The molecule has 0 aromatic carbocycles. The fourth-order valence-electron chi connectivity index (χ4n) is 8.21. The Labute approximate surface area is 319 Å². The summed E-state index contributed by atoms with van der Waals surface area (Å²) < 4.78 is 44.7. The number of hydrogen-bond acceptors (Lipinski definition) is 5. The average Bonchev–Trinajstić information content (AvgIpc) is 3.61. The Bertz CT molecular complexity index is 1400. The number of ether oxygens (including phenoxy) is 2. The molecular formula is C43H71BF2N2O5. The van der Waals surface area contributed by atoms with Gasteiger partial charge in [-0.2, -0.15) is 0 Å². The van der Waals surface area contributed by atoms with Crippen molar-refractivity contribution in [1.29, 1.82) is 0 Å². The smallest absolute Gasteiger partial charge is 0.462 e. The minimum Gasteiger partial charge on any atom is -0.462 e. The SMILES string of the molecule is CCCCCCCCCCCCCCCC(=O)OC[C@H](CO)OC(=O)CCCCCCCCCCC1=C2C(C)=CC(C)=[N+]2[B-](F)(F)n2c(C)cc(C)c21. The molecule has 0 fully saturated rings. The molecule has 10 heteroatoms. The van der Waals surface area contributed by atoms with Crippen molar-refractivity contribution in [3.8, 4) is 0 Å². The fraction of sp³-hybridized carbons (Fsp3) is 0.744. The molecule has 7 nitrogen and oxygen atoms in total.